The van der Waals surface area contributed by atoms with Gasteiger partial charge in [-0.3, -0.25) is 0 Å². The van der Waals surface area contributed by atoms with Crippen LogP contribution in [0.15, 0.2) is 54.6 Å². The molecule has 0 heterocycles. The molecule has 3 amide bonds. The molecule has 0 aliphatic rings. The molecule has 132 valence electrons. The van der Waals surface area contributed by atoms with Gasteiger partial charge in [0.2, 0.25) is 0 Å². The summed E-state index contributed by atoms with van der Waals surface area (Å²) in [7, 11) is 0. The third kappa shape index (κ3) is 7.39. The topological polar surface area (TPSA) is 90.5 Å². The van der Waals surface area contributed by atoms with Crippen molar-refractivity contribution in [2.24, 2.45) is 0 Å². The van der Waals surface area contributed by atoms with Crippen molar-refractivity contribution in [1.29, 1.82) is 0 Å². The molecule has 0 fully saturated rings. The van der Waals surface area contributed by atoms with Crippen molar-refractivity contribution >= 4 is 17.8 Å². The maximum absolute atomic E-state index is 11.9. The molecule has 2 aromatic carbocycles. The highest BCUT2D eigenvalue weighted by Gasteiger charge is 2.03. The number of benzene rings is 2. The zero-order chi connectivity index (χ0) is 17.9. The SMILES string of the molecule is O=C(O)NCCc1cccc(NC(=O)NCCCc2ccccc2)c1. The Morgan fingerprint density at radius 2 is 1.60 bits per heavy atom. The summed E-state index contributed by atoms with van der Waals surface area (Å²) in [6.07, 6.45) is 1.33. The van der Waals surface area contributed by atoms with Crippen LogP contribution in [0.2, 0.25) is 0 Å². The van der Waals surface area contributed by atoms with Crippen LogP contribution < -0.4 is 16.0 Å². The van der Waals surface area contributed by atoms with Crippen LogP contribution in [0, 0.1) is 0 Å². The van der Waals surface area contributed by atoms with Crippen molar-refractivity contribution in [3.8, 4) is 0 Å². The van der Waals surface area contributed by atoms with E-state index >= 15 is 0 Å². The molecule has 0 saturated carbocycles. The predicted octanol–water partition coefficient (Wildman–Crippen LogP) is 3.25. The van der Waals surface area contributed by atoms with Crippen LogP contribution in [0.1, 0.15) is 17.5 Å². The van der Waals surface area contributed by atoms with Crippen LogP contribution in [0.4, 0.5) is 15.3 Å². The number of rotatable bonds is 8. The highest BCUT2D eigenvalue weighted by molar-refractivity contribution is 5.89. The zero-order valence-corrected chi connectivity index (χ0v) is 14.0. The van der Waals surface area contributed by atoms with E-state index in [2.05, 4.69) is 28.1 Å². The summed E-state index contributed by atoms with van der Waals surface area (Å²) in [5.74, 6) is 0. The lowest BCUT2D eigenvalue weighted by molar-refractivity contribution is 0.194. The van der Waals surface area contributed by atoms with Crippen LogP contribution >= 0.6 is 0 Å². The Balaban J connectivity index is 1.70. The summed E-state index contributed by atoms with van der Waals surface area (Å²) in [4.78, 5) is 22.4. The predicted molar refractivity (Wildman–Crippen MR) is 98.0 cm³/mol. The first kappa shape index (κ1) is 18.3. The number of hydrogen-bond donors (Lipinski definition) is 4. The number of carbonyl (C=O) groups is 2. The second kappa shape index (κ2) is 9.97. The van der Waals surface area contributed by atoms with Gasteiger partial charge in [-0.1, -0.05) is 42.5 Å². The van der Waals surface area contributed by atoms with Gasteiger partial charge in [-0.25, -0.2) is 9.59 Å². The number of carbonyl (C=O) groups excluding carboxylic acids is 1. The molecule has 4 N–H and O–H groups in total. The van der Waals surface area contributed by atoms with Gasteiger partial charge in [-0.2, -0.15) is 0 Å². The third-order valence-corrected chi connectivity index (χ3v) is 3.65. The fourth-order valence-electron chi connectivity index (χ4n) is 2.43. The Bertz CT molecular complexity index is 689. The van der Waals surface area contributed by atoms with Crippen LogP contribution in [0.5, 0.6) is 0 Å². The van der Waals surface area contributed by atoms with Gasteiger partial charge in [0.15, 0.2) is 0 Å². The van der Waals surface area contributed by atoms with Crippen LogP contribution in [-0.4, -0.2) is 30.3 Å². The normalized spacial score (nSPS) is 10.1. The Kier molecular flexibility index (Phi) is 7.31. The van der Waals surface area contributed by atoms with Gasteiger partial charge in [0.25, 0.3) is 0 Å². The Hall–Kier alpha value is -3.02. The molecule has 0 aromatic heterocycles. The molecule has 0 atom stereocenters. The molecule has 25 heavy (non-hydrogen) atoms. The van der Waals surface area contributed by atoms with Gasteiger partial charge >= 0.3 is 12.1 Å². The minimum absolute atomic E-state index is 0.242. The number of amides is 3. The van der Waals surface area contributed by atoms with Crippen molar-refractivity contribution in [3.63, 3.8) is 0 Å². The molecule has 0 unspecified atom stereocenters. The average molecular weight is 341 g/mol. The fraction of sp³-hybridized carbons (Fsp3) is 0.263. The second-order valence-electron chi connectivity index (χ2n) is 5.65. The van der Waals surface area contributed by atoms with E-state index in [0.29, 0.717) is 25.2 Å². The monoisotopic (exact) mass is 341 g/mol. The van der Waals surface area contributed by atoms with Gasteiger partial charge in [0, 0.05) is 18.8 Å². The van der Waals surface area contributed by atoms with Gasteiger partial charge in [0.05, 0.1) is 0 Å². The largest absolute Gasteiger partial charge is 0.465 e. The lowest BCUT2D eigenvalue weighted by Gasteiger charge is -2.09. The first-order valence-corrected chi connectivity index (χ1v) is 8.28. The first-order chi connectivity index (χ1) is 12.1. The van der Waals surface area contributed by atoms with Crippen molar-refractivity contribution in [2.75, 3.05) is 18.4 Å². The molecule has 0 radical (unpaired) electrons. The van der Waals surface area contributed by atoms with E-state index in [1.165, 1.54) is 5.56 Å². The van der Waals surface area contributed by atoms with Crippen LogP contribution in [-0.2, 0) is 12.8 Å². The van der Waals surface area contributed by atoms with Crippen molar-refractivity contribution in [1.82, 2.24) is 10.6 Å². The van der Waals surface area contributed by atoms with Crippen LogP contribution in [0.3, 0.4) is 0 Å². The maximum Gasteiger partial charge on any atom is 0.404 e. The van der Waals surface area contributed by atoms with Crippen molar-refractivity contribution < 1.29 is 14.7 Å². The Morgan fingerprint density at radius 3 is 2.36 bits per heavy atom. The van der Waals surface area contributed by atoms with Crippen LogP contribution in [0.25, 0.3) is 0 Å². The minimum atomic E-state index is -1.04. The minimum Gasteiger partial charge on any atom is -0.465 e. The summed E-state index contributed by atoms with van der Waals surface area (Å²) < 4.78 is 0. The second-order valence-corrected chi connectivity index (χ2v) is 5.65. The van der Waals surface area contributed by atoms with Gasteiger partial charge < -0.3 is 21.1 Å². The third-order valence-electron chi connectivity index (χ3n) is 3.65. The quantitative estimate of drug-likeness (QED) is 0.556. The van der Waals surface area contributed by atoms with E-state index < -0.39 is 6.09 Å². The van der Waals surface area contributed by atoms with Crippen molar-refractivity contribution in [3.05, 3.63) is 65.7 Å². The summed E-state index contributed by atoms with van der Waals surface area (Å²) in [6.45, 7) is 0.938. The number of urea groups is 1. The summed E-state index contributed by atoms with van der Waals surface area (Å²) in [5, 5.41) is 16.5. The maximum atomic E-state index is 11.9. The van der Waals surface area contributed by atoms with E-state index in [0.717, 1.165) is 18.4 Å². The summed E-state index contributed by atoms with van der Waals surface area (Å²) >= 11 is 0. The molecule has 6 heteroatoms. The smallest absolute Gasteiger partial charge is 0.404 e. The first-order valence-electron chi connectivity index (χ1n) is 8.28. The lowest BCUT2D eigenvalue weighted by Crippen LogP contribution is -2.29. The average Bonchev–Trinajstić information content (AvgIpc) is 2.60. The molecule has 2 aromatic rings. The molecule has 0 bridgehead atoms. The van der Waals surface area contributed by atoms with Gasteiger partial charge in [0.1, 0.15) is 0 Å². The van der Waals surface area contributed by atoms with Gasteiger partial charge in [-0.15, -0.1) is 0 Å². The van der Waals surface area contributed by atoms with E-state index in [1.54, 1.807) is 6.07 Å². The van der Waals surface area contributed by atoms with E-state index in [4.69, 9.17) is 5.11 Å². The number of carboxylic acid groups (broad SMARTS) is 1. The van der Waals surface area contributed by atoms with E-state index in [-0.39, 0.29) is 6.03 Å². The Morgan fingerprint density at radius 1 is 0.840 bits per heavy atom. The molecule has 2 rings (SSSR count). The molecular weight excluding hydrogens is 318 g/mol. The van der Waals surface area contributed by atoms with E-state index in [1.807, 2.05) is 36.4 Å². The molecule has 0 spiro atoms. The molecule has 0 aliphatic carbocycles. The van der Waals surface area contributed by atoms with Crippen molar-refractivity contribution in [2.45, 2.75) is 19.3 Å². The highest BCUT2D eigenvalue weighted by Crippen LogP contribution is 2.11. The molecule has 0 saturated heterocycles. The Labute approximate surface area is 147 Å². The summed E-state index contributed by atoms with van der Waals surface area (Å²) in [6, 6.07) is 17.3. The fourth-order valence-corrected chi connectivity index (χ4v) is 2.43. The highest BCUT2D eigenvalue weighted by atomic mass is 16.4. The number of nitrogens with one attached hydrogen (secondary N) is 3. The molecular formula is C19H23N3O3. The number of anilines is 1. The zero-order valence-electron chi connectivity index (χ0n) is 14.0. The lowest BCUT2D eigenvalue weighted by atomic mass is 10.1. The summed E-state index contributed by atoms with van der Waals surface area (Å²) in [5.41, 5.74) is 2.90. The molecule has 0 aliphatic heterocycles. The van der Waals surface area contributed by atoms with Gasteiger partial charge in [-0.05, 0) is 42.5 Å². The standard InChI is InChI=1S/C19H23N3O3/c23-18(20-12-5-9-15-6-2-1-3-7-15)22-17-10-4-8-16(14-17)11-13-21-19(24)25/h1-4,6-8,10,14,21H,5,9,11-13H2,(H,24,25)(H2,20,22,23). The van der Waals surface area contributed by atoms with E-state index in [9.17, 15) is 9.59 Å². The molecule has 6 nitrogen and oxygen atoms in total. The number of aryl methyl sites for hydroxylation is 1. The number of hydrogen-bond acceptors (Lipinski definition) is 2.